The van der Waals surface area contributed by atoms with Crippen molar-refractivity contribution in [2.24, 2.45) is 5.73 Å². The highest BCUT2D eigenvalue weighted by Gasteiger charge is 2.41. The Morgan fingerprint density at radius 3 is 2.55 bits per heavy atom. The molecule has 1 unspecified atom stereocenters. The van der Waals surface area contributed by atoms with Gasteiger partial charge >= 0.3 is 6.18 Å². The number of hydrogen-bond donors (Lipinski definition) is 2. The highest BCUT2D eigenvalue weighted by molar-refractivity contribution is 5.98. The molecular formula is C26H22F4N4O4. The predicted molar refractivity (Wildman–Crippen MR) is 128 cm³/mol. The molecule has 1 aliphatic rings. The SMILES string of the molecule is COc1ccc(-c2nc(C(=O)N3CCC(O)(c4ccc(F)cc4)C3)c(CN)o2)c2ccc(C(F)(F)F)nc12. The van der Waals surface area contributed by atoms with Crippen LogP contribution in [-0.2, 0) is 18.3 Å². The number of alkyl halides is 3. The minimum absolute atomic E-state index is 0.0315. The van der Waals surface area contributed by atoms with Crippen LogP contribution in [0.3, 0.4) is 0 Å². The molecule has 3 N–H and O–H groups in total. The van der Waals surface area contributed by atoms with E-state index in [1.807, 2.05) is 0 Å². The van der Waals surface area contributed by atoms with Crippen molar-refractivity contribution in [2.45, 2.75) is 24.7 Å². The van der Waals surface area contributed by atoms with Gasteiger partial charge in [-0.2, -0.15) is 13.2 Å². The molecule has 0 radical (unpaired) electrons. The largest absolute Gasteiger partial charge is 0.494 e. The molecular weight excluding hydrogens is 508 g/mol. The van der Waals surface area contributed by atoms with Crippen molar-refractivity contribution in [3.63, 3.8) is 0 Å². The van der Waals surface area contributed by atoms with Crippen LogP contribution < -0.4 is 10.5 Å². The normalized spacial score (nSPS) is 17.8. The second kappa shape index (κ2) is 9.37. The van der Waals surface area contributed by atoms with Crippen LogP contribution in [0.15, 0.2) is 52.9 Å². The fourth-order valence-corrected chi connectivity index (χ4v) is 4.59. The summed E-state index contributed by atoms with van der Waals surface area (Å²) >= 11 is 0. The van der Waals surface area contributed by atoms with Gasteiger partial charge in [0.15, 0.2) is 11.5 Å². The lowest BCUT2D eigenvalue weighted by molar-refractivity contribution is -0.140. The second-order valence-corrected chi connectivity index (χ2v) is 8.92. The number of carbonyl (C=O) groups is 1. The van der Waals surface area contributed by atoms with Gasteiger partial charge in [0.05, 0.1) is 20.2 Å². The first kappa shape index (κ1) is 25.6. The molecule has 0 bridgehead atoms. The molecule has 2 aromatic carbocycles. The van der Waals surface area contributed by atoms with Crippen molar-refractivity contribution in [1.82, 2.24) is 14.9 Å². The average molecular weight is 530 g/mol. The van der Waals surface area contributed by atoms with Crippen molar-refractivity contribution in [2.75, 3.05) is 20.2 Å². The first-order valence-electron chi connectivity index (χ1n) is 11.6. The van der Waals surface area contributed by atoms with Gasteiger partial charge in [-0.3, -0.25) is 4.79 Å². The third-order valence-electron chi connectivity index (χ3n) is 6.56. The molecule has 38 heavy (non-hydrogen) atoms. The number of hydrogen-bond acceptors (Lipinski definition) is 7. The zero-order chi connectivity index (χ0) is 27.2. The summed E-state index contributed by atoms with van der Waals surface area (Å²) in [5.74, 6) is -0.813. The summed E-state index contributed by atoms with van der Waals surface area (Å²) in [5.41, 5.74) is 4.00. The molecule has 0 spiro atoms. The molecule has 1 fully saturated rings. The summed E-state index contributed by atoms with van der Waals surface area (Å²) in [7, 11) is 1.31. The van der Waals surface area contributed by atoms with Crippen molar-refractivity contribution >= 4 is 16.8 Å². The van der Waals surface area contributed by atoms with E-state index in [0.29, 0.717) is 11.1 Å². The van der Waals surface area contributed by atoms with Gasteiger partial charge < -0.3 is 24.9 Å². The van der Waals surface area contributed by atoms with Gasteiger partial charge in [0.1, 0.15) is 28.4 Å². The zero-order valence-corrected chi connectivity index (χ0v) is 20.1. The fourth-order valence-electron chi connectivity index (χ4n) is 4.59. The Bertz CT molecular complexity index is 1520. The van der Waals surface area contributed by atoms with E-state index in [9.17, 15) is 27.5 Å². The van der Waals surface area contributed by atoms with Crippen LogP contribution in [0.25, 0.3) is 22.4 Å². The molecule has 2 aromatic heterocycles. The number of ether oxygens (including phenoxy) is 1. The molecule has 1 amide bonds. The molecule has 4 aromatic rings. The molecule has 0 aliphatic carbocycles. The van der Waals surface area contributed by atoms with E-state index in [4.69, 9.17) is 14.9 Å². The third-order valence-corrected chi connectivity index (χ3v) is 6.56. The monoisotopic (exact) mass is 530 g/mol. The minimum Gasteiger partial charge on any atom is -0.494 e. The molecule has 5 rings (SSSR count). The maximum atomic E-state index is 13.4. The van der Waals surface area contributed by atoms with Crippen LogP contribution in [0.4, 0.5) is 17.6 Å². The highest BCUT2D eigenvalue weighted by Crippen LogP contribution is 2.38. The van der Waals surface area contributed by atoms with Crippen molar-refractivity contribution in [3.05, 3.63) is 77.1 Å². The van der Waals surface area contributed by atoms with E-state index in [1.165, 1.54) is 48.4 Å². The smallest absolute Gasteiger partial charge is 0.433 e. The number of fused-ring (bicyclic) bond motifs is 1. The third kappa shape index (κ3) is 4.45. The van der Waals surface area contributed by atoms with Crippen molar-refractivity contribution in [1.29, 1.82) is 0 Å². The maximum Gasteiger partial charge on any atom is 0.433 e. The predicted octanol–water partition coefficient (Wildman–Crippen LogP) is 4.25. The Morgan fingerprint density at radius 1 is 1.16 bits per heavy atom. The Morgan fingerprint density at radius 2 is 1.89 bits per heavy atom. The molecule has 198 valence electrons. The van der Waals surface area contributed by atoms with E-state index in [1.54, 1.807) is 6.07 Å². The number of aromatic nitrogens is 2. The number of β-amino-alcohol motifs (C(OH)–C–C–N with tert-alkyl or cyclic N) is 1. The molecule has 8 nitrogen and oxygen atoms in total. The van der Waals surface area contributed by atoms with E-state index in [-0.39, 0.29) is 60.1 Å². The van der Waals surface area contributed by atoms with E-state index in [2.05, 4.69) is 9.97 Å². The number of amides is 1. The molecule has 1 aliphatic heterocycles. The lowest BCUT2D eigenvalue weighted by Gasteiger charge is -2.23. The summed E-state index contributed by atoms with van der Waals surface area (Å²) in [6, 6.07) is 10.5. The molecule has 0 saturated carbocycles. The second-order valence-electron chi connectivity index (χ2n) is 8.92. The lowest BCUT2D eigenvalue weighted by atomic mass is 9.93. The number of rotatable bonds is 5. The average Bonchev–Trinajstić information content (AvgIpc) is 3.52. The van der Waals surface area contributed by atoms with Gasteiger partial charge in [-0.25, -0.2) is 14.4 Å². The summed E-state index contributed by atoms with van der Waals surface area (Å²) in [6.45, 7) is -0.0253. The molecule has 12 heteroatoms. The van der Waals surface area contributed by atoms with Gasteiger partial charge in [0.25, 0.3) is 5.91 Å². The number of nitrogens with zero attached hydrogens (tertiary/aromatic N) is 3. The number of pyridine rings is 1. The molecule has 3 heterocycles. The zero-order valence-electron chi connectivity index (χ0n) is 20.1. The Kier molecular flexibility index (Phi) is 6.32. The van der Waals surface area contributed by atoms with Gasteiger partial charge in [-0.05, 0) is 48.4 Å². The first-order chi connectivity index (χ1) is 18.0. The standard InChI is InChI=1S/C26H22F4N4O4/c1-37-18-8-6-17(16-7-9-20(26(28,29)30)32-21(16)18)23-33-22(19(12-31)38-23)24(35)34-11-10-25(36,13-34)14-2-4-15(27)5-3-14/h2-9,36H,10-13,31H2,1H3. The van der Waals surface area contributed by atoms with Gasteiger partial charge in [-0.1, -0.05) is 12.1 Å². The van der Waals surface area contributed by atoms with Crippen molar-refractivity contribution < 1.29 is 36.6 Å². The van der Waals surface area contributed by atoms with Gasteiger partial charge in [-0.15, -0.1) is 0 Å². The Balaban J connectivity index is 1.50. The summed E-state index contributed by atoms with van der Waals surface area (Å²) < 4.78 is 64.1. The quantitative estimate of drug-likeness (QED) is 0.371. The van der Waals surface area contributed by atoms with E-state index in [0.717, 1.165) is 6.07 Å². The lowest BCUT2D eigenvalue weighted by Crippen LogP contribution is -2.35. The maximum absolute atomic E-state index is 13.4. The summed E-state index contributed by atoms with van der Waals surface area (Å²) in [6.07, 6.45) is -4.43. The van der Waals surface area contributed by atoms with Crippen LogP contribution in [0.1, 0.15) is 33.9 Å². The van der Waals surface area contributed by atoms with Crippen LogP contribution >= 0.6 is 0 Å². The topological polar surface area (TPSA) is 115 Å². The number of methoxy groups -OCH3 is 1. The van der Waals surface area contributed by atoms with Gasteiger partial charge in [0, 0.05) is 17.5 Å². The Hall–Kier alpha value is -4.03. The molecule has 1 atom stereocenters. The molecule has 1 saturated heterocycles. The van der Waals surface area contributed by atoms with Gasteiger partial charge in [0.2, 0.25) is 5.89 Å². The number of carbonyl (C=O) groups excluding carboxylic acids is 1. The van der Waals surface area contributed by atoms with E-state index < -0.39 is 29.2 Å². The van der Waals surface area contributed by atoms with E-state index >= 15 is 0 Å². The van der Waals surface area contributed by atoms with Crippen LogP contribution in [-0.4, -0.2) is 46.1 Å². The highest BCUT2D eigenvalue weighted by atomic mass is 19.4. The van der Waals surface area contributed by atoms with Crippen LogP contribution in [0, 0.1) is 5.82 Å². The number of oxazole rings is 1. The summed E-state index contributed by atoms with van der Waals surface area (Å²) in [4.78, 5) is 22.9. The number of nitrogens with two attached hydrogens (primary N) is 1. The Labute approximate surface area is 213 Å². The van der Waals surface area contributed by atoms with Crippen LogP contribution in [0.2, 0.25) is 0 Å². The first-order valence-corrected chi connectivity index (χ1v) is 11.6. The number of benzene rings is 2. The fraction of sp³-hybridized carbons (Fsp3) is 0.269. The number of halogens is 4. The van der Waals surface area contributed by atoms with Crippen molar-refractivity contribution in [3.8, 4) is 17.2 Å². The van der Waals surface area contributed by atoms with Crippen LogP contribution in [0.5, 0.6) is 5.75 Å². The number of aliphatic hydroxyl groups is 1. The summed E-state index contributed by atoms with van der Waals surface area (Å²) in [5, 5.41) is 11.4. The minimum atomic E-state index is -4.66. The number of likely N-dealkylation sites (tertiary alicyclic amines) is 1.